The topological polar surface area (TPSA) is 0 Å². The molecule has 0 amide bonds. The molecule has 0 heterocycles. The molecule has 0 fully saturated rings. The maximum atomic E-state index is 12.3. The van der Waals surface area contributed by atoms with Crippen LogP contribution in [-0.2, 0) is 5.75 Å². The molecule has 0 spiro atoms. The van der Waals surface area contributed by atoms with Gasteiger partial charge in [0.1, 0.15) is 5.82 Å². The third-order valence-electron chi connectivity index (χ3n) is 1.14. The Labute approximate surface area is 68.6 Å². The Kier molecular flexibility index (Phi) is 3.09. The molecule has 54 valence electrons. The average Bonchev–Trinajstić information content (AvgIpc) is 1.95. The van der Waals surface area contributed by atoms with Gasteiger partial charge in [-0.25, -0.2) is 4.39 Å². The SMILES string of the molecule is Fc1ccc(CSS)cc1. The van der Waals surface area contributed by atoms with Gasteiger partial charge < -0.3 is 0 Å². The Morgan fingerprint density at radius 1 is 1.30 bits per heavy atom. The molecule has 0 radical (unpaired) electrons. The van der Waals surface area contributed by atoms with Crippen LogP contribution in [0.1, 0.15) is 5.56 Å². The molecule has 0 aliphatic rings. The summed E-state index contributed by atoms with van der Waals surface area (Å²) in [7, 11) is 1.43. The van der Waals surface area contributed by atoms with Crippen molar-refractivity contribution in [2.75, 3.05) is 0 Å². The third-order valence-corrected chi connectivity index (χ3v) is 1.99. The van der Waals surface area contributed by atoms with Gasteiger partial charge in [-0.3, -0.25) is 0 Å². The fourth-order valence-electron chi connectivity index (χ4n) is 0.655. The van der Waals surface area contributed by atoms with E-state index in [9.17, 15) is 4.39 Å². The number of thiol groups is 1. The van der Waals surface area contributed by atoms with Crippen LogP contribution in [0.25, 0.3) is 0 Å². The molecule has 0 bridgehead atoms. The second kappa shape index (κ2) is 3.88. The normalized spacial score (nSPS) is 9.80. The molecular formula is C7H7FS2. The van der Waals surface area contributed by atoms with Crippen molar-refractivity contribution in [1.29, 1.82) is 0 Å². The summed E-state index contributed by atoms with van der Waals surface area (Å²) in [6.45, 7) is 0. The van der Waals surface area contributed by atoms with Crippen molar-refractivity contribution in [2.24, 2.45) is 0 Å². The molecular weight excluding hydrogens is 167 g/mol. The van der Waals surface area contributed by atoms with Crippen LogP contribution in [0.5, 0.6) is 0 Å². The third kappa shape index (κ3) is 2.23. The van der Waals surface area contributed by atoms with Crippen LogP contribution in [0.3, 0.4) is 0 Å². The van der Waals surface area contributed by atoms with E-state index in [0.29, 0.717) is 0 Å². The first kappa shape index (κ1) is 7.95. The van der Waals surface area contributed by atoms with Crippen molar-refractivity contribution < 1.29 is 4.39 Å². The summed E-state index contributed by atoms with van der Waals surface area (Å²) in [5.41, 5.74) is 1.10. The summed E-state index contributed by atoms with van der Waals surface area (Å²) < 4.78 is 12.3. The molecule has 0 atom stereocenters. The highest BCUT2D eigenvalue weighted by Gasteiger charge is 1.90. The zero-order chi connectivity index (χ0) is 7.40. The minimum atomic E-state index is -0.187. The van der Waals surface area contributed by atoms with Crippen molar-refractivity contribution in [3.05, 3.63) is 35.6 Å². The van der Waals surface area contributed by atoms with Crippen LogP contribution >= 0.6 is 22.5 Å². The number of halogens is 1. The molecule has 10 heavy (non-hydrogen) atoms. The van der Waals surface area contributed by atoms with Gasteiger partial charge in [0, 0.05) is 5.75 Å². The standard InChI is InChI=1S/C7H7FS2/c8-7-3-1-6(2-4-7)5-10-9/h1-4,9H,5H2. The minimum Gasteiger partial charge on any atom is -0.207 e. The lowest BCUT2D eigenvalue weighted by atomic mass is 10.2. The zero-order valence-electron chi connectivity index (χ0n) is 5.25. The maximum absolute atomic E-state index is 12.3. The number of rotatable bonds is 2. The van der Waals surface area contributed by atoms with Gasteiger partial charge in [0.15, 0.2) is 0 Å². The lowest BCUT2D eigenvalue weighted by Gasteiger charge is -1.94. The molecule has 0 nitrogen and oxygen atoms in total. The maximum Gasteiger partial charge on any atom is 0.123 e. The van der Waals surface area contributed by atoms with Gasteiger partial charge in [-0.15, -0.1) is 11.7 Å². The van der Waals surface area contributed by atoms with Gasteiger partial charge in [0.05, 0.1) is 0 Å². The molecule has 0 saturated carbocycles. The Balaban J connectivity index is 2.69. The highest BCUT2D eigenvalue weighted by atomic mass is 33.1. The van der Waals surface area contributed by atoms with Gasteiger partial charge in [0.25, 0.3) is 0 Å². The van der Waals surface area contributed by atoms with E-state index in [1.165, 1.54) is 22.9 Å². The Hall–Kier alpha value is -0.150. The van der Waals surface area contributed by atoms with Crippen molar-refractivity contribution >= 4 is 22.5 Å². The van der Waals surface area contributed by atoms with Crippen LogP contribution in [-0.4, -0.2) is 0 Å². The fourth-order valence-corrected chi connectivity index (χ4v) is 1.44. The van der Waals surface area contributed by atoms with E-state index in [0.717, 1.165) is 11.3 Å². The zero-order valence-corrected chi connectivity index (χ0v) is 6.96. The van der Waals surface area contributed by atoms with E-state index >= 15 is 0 Å². The average molecular weight is 174 g/mol. The predicted molar refractivity (Wildman–Crippen MR) is 46.7 cm³/mol. The summed E-state index contributed by atoms with van der Waals surface area (Å²) in [6, 6.07) is 6.44. The molecule has 0 unspecified atom stereocenters. The van der Waals surface area contributed by atoms with Crippen LogP contribution < -0.4 is 0 Å². The van der Waals surface area contributed by atoms with E-state index < -0.39 is 0 Å². The summed E-state index contributed by atoms with van der Waals surface area (Å²) in [5.74, 6) is 0.636. The second-order valence-corrected chi connectivity index (χ2v) is 3.22. The van der Waals surface area contributed by atoms with E-state index in [2.05, 4.69) is 11.7 Å². The molecule has 0 saturated heterocycles. The van der Waals surface area contributed by atoms with Crippen LogP contribution in [0.2, 0.25) is 0 Å². The minimum absolute atomic E-state index is 0.187. The molecule has 1 aromatic rings. The van der Waals surface area contributed by atoms with Crippen molar-refractivity contribution in [1.82, 2.24) is 0 Å². The lowest BCUT2D eigenvalue weighted by Crippen LogP contribution is -1.78. The Morgan fingerprint density at radius 2 is 1.90 bits per heavy atom. The van der Waals surface area contributed by atoms with Crippen molar-refractivity contribution in [3.63, 3.8) is 0 Å². The quantitative estimate of drug-likeness (QED) is 0.531. The first-order chi connectivity index (χ1) is 4.83. The summed E-state index contributed by atoms with van der Waals surface area (Å²) in [5, 5.41) is 0. The molecule has 1 aromatic carbocycles. The second-order valence-electron chi connectivity index (χ2n) is 1.90. The van der Waals surface area contributed by atoms with Crippen LogP contribution in [0.15, 0.2) is 24.3 Å². The fraction of sp³-hybridized carbons (Fsp3) is 0.143. The van der Waals surface area contributed by atoms with Crippen LogP contribution in [0.4, 0.5) is 4.39 Å². The number of hydrogen-bond acceptors (Lipinski definition) is 2. The summed E-state index contributed by atoms with van der Waals surface area (Å²) >= 11 is 3.98. The van der Waals surface area contributed by atoms with Crippen molar-refractivity contribution in [2.45, 2.75) is 5.75 Å². The smallest absolute Gasteiger partial charge is 0.123 e. The van der Waals surface area contributed by atoms with Gasteiger partial charge in [0.2, 0.25) is 0 Å². The van der Waals surface area contributed by atoms with Crippen LogP contribution in [0, 0.1) is 5.82 Å². The monoisotopic (exact) mass is 174 g/mol. The van der Waals surface area contributed by atoms with Gasteiger partial charge >= 0.3 is 0 Å². The molecule has 1 rings (SSSR count). The molecule has 0 aromatic heterocycles. The number of hydrogen-bond donors (Lipinski definition) is 1. The molecule has 0 N–H and O–H groups in total. The molecule has 3 heteroatoms. The molecule has 0 aliphatic heterocycles. The number of benzene rings is 1. The van der Waals surface area contributed by atoms with E-state index in [-0.39, 0.29) is 5.82 Å². The lowest BCUT2D eigenvalue weighted by molar-refractivity contribution is 0.627. The van der Waals surface area contributed by atoms with Gasteiger partial charge in [-0.05, 0) is 17.7 Å². The predicted octanol–water partition coefficient (Wildman–Crippen LogP) is 2.90. The summed E-state index contributed by atoms with van der Waals surface area (Å²) in [6.07, 6.45) is 0. The summed E-state index contributed by atoms with van der Waals surface area (Å²) in [4.78, 5) is 0. The highest BCUT2D eigenvalue weighted by Crippen LogP contribution is 2.14. The van der Waals surface area contributed by atoms with E-state index in [1.54, 1.807) is 12.1 Å². The van der Waals surface area contributed by atoms with E-state index in [1.807, 2.05) is 0 Å². The highest BCUT2D eigenvalue weighted by molar-refractivity contribution is 8.68. The van der Waals surface area contributed by atoms with E-state index in [4.69, 9.17) is 0 Å². The molecule has 0 aliphatic carbocycles. The van der Waals surface area contributed by atoms with Gasteiger partial charge in [-0.2, -0.15) is 0 Å². The Bertz CT molecular complexity index is 195. The largest absolute Gasteiger partial charge is 0.207 e. The first-order valence-corrected chi connectivity index (χ1v) is 4.87. The Morgan fingerprint density at radius 3 is 2.40 bits per heavy atom. The van der Waals surface area contributed by atoms with Gasteiger partial charge in [-0.1, -0.05) is 22.9 Å². The van der Waals surface area contributed by atoms with Crippen molar-refractivity contribution in [3.8, 4) is 0 Å². The first-order valence-electron chi connectivity index (χ1n) is 2.84.